The number of likely N-dealkylation sites (N-methyl/N-ethyl adjacent to an activating group) is 2. The molecule has 1 atom stereocenters. The highest BCUT2D eigenvalue weighted by Gasteiger charge is 2.43. The number of hydrogen-bond donors (Lipinski definition) is 1. The fraction of sp³-hybridized carbons (Fsp3) is 0.647. The van der Waals surface area contributed by atoms with E-state index in [9.17, 15) is 0 Å². The van der Waals surface area contributed by atoms with Gasteiger partial charge in [-0.1, -0.05) is 30.7 Å². The Kier molecular flexibility index (Phi) is 5.11. The number of rotatable bonds is 4. The van der Waals surface area contributed by atoms with Crippen LogP contribution in [0.15, 0.2) is 24.3 Å². The van der Waals surface area contributed by atoms with Gasteiger partial charge in [0.1, 0.15) is 0 Å². The van der Waals surface area contributed by atoms with Crippen LogP contribution in [-0.4, -0.2) is 31.6 Å². The van der Waals surface area contributed by atoms with Gasteiger partial charge >= 0.3 is 0 Å². The molecule has 2 rings (SSSR count). The molecule has 0 saturated heterocycles. The van der Waals surface area contributed by atoms with E-state index in [0.717, 1.165) is 10.9 Å². The van der Waals surface area contributed by atoms with Crippen molar-refractivity contribution in [2.75, 3.05) is 21.1 Å². The molecule has 0 amide bonds. The summed E-state index contributed by atoms with van der Waals surface area (Å²) in [6.45, 7) is 2.37. The molecule has 0 bridgehead atoms. The SMILES string of the molecule is CNC(c1ccc(Cl)cc1)C1(N(C)C)CCC(C)CC1. The van der Waals surface area contributed by atoms with E-state index in [1.165, 1.54) is 31.2 Å². The van der Waals surface area contributed by atoms with Gasteiger partial charge in [0.25, 0.3) is 0 Å². The largest absolute Gasteiger partial charge is 0.311 e. The molecule has 1 fully saturated rings. The number of hydrogen-bond acceptors (Lipinski definition) is 2. The summed E-state index contributed by atoms with van der Waals surface area (Å²) in [7, 11) is 6.51. The minimum absolute atomic E-state index is 0.203. The predicted octanol–water partition coefficient (Wildman–Crippen LogP) is 4.11. The van der Waals surface area contributed by atoms with Crippen LogP contribution >= 0.6 is 11.6 Å². The van der Waals surface area contributed by atoms with Crippen molar-refractivity contribution in [2.45, 2.75) is 44.2 Å². The summed E-state index contributed by atoms with van der Waals surface area (Å²) in [6.07, 6.45) is 5.11. The van der Waals surface area contributed by atoms with E-state index in [2.05, 4.69) is 50.4 Å². The maximum atomic E-state index is 6.03. The molecule has 0 aromatic heterocycles. The summed E-state index contributed by atoms with van der Waals surface area (Å²) >= 11 is 6.03. The van der Waals surface area contributed by atoms with E-state index < -0.39 is 0 Å². The summed E-state index contributed by atoms with van der Waals surface area (Å²) in [5, 5.41) is 4.37. The first-order valence-corrected chi connectivity index (χ1v) is 7.97. The van der Waals surface area contributed by atoms with Crippen molar-refractivity contribution < 1.29 is 0 Å². The first kappa shape index (κ1) is 15.8. The second kappa shape index (κ2) is 6.46. The fourth-order valence-corrected chi connectivity index (χ4v) is 3.78. The van der Waals surface area contributed by atoms with Gasteiger partial charge in [0.15, 0.2) is 0 Å². The van der Waals surface area contributed by atoms with Crippen LogP contribution < -0.4 is 5.32 Å². The van der Waals surface area contributed by atoms with Gasteiger partial charge in [-0.05, 0) is 70.4 Å². The second-order valence-corrected chi connectivity index (χ2v) is 6.89. The van der Waals surface area contributed by atoms with Gasteiger partial charge in [-0.15, -0.1) is 0 Å². The van der Waals surface area contributed by atoms with E-state index in [-0.39, 0.29) is 5.54 Å². The van der Waals surface area contributed by atoms with Crippen LogP contribution in [0.1, 0.15) is 44.2 Å². The van der Waals surface area contributed by atoms with Crippen molar-refractivity contribution in [1.82, 2.24) is 10.2 Å². The highest BCUT2D eigenvalue weighted by molar-refractivity contribution is 6.30. The predicted molar refractivity (Wildman–Crippen MR) is 87.3 cm³/mol. The summed E-state index contributed by atoms with van der Waals surface area (Å²) in [5.74, 6) is 0.853. The van der Waals surface area contributed by atoms with Gasteiger partial charge in [0.05, 0.1) is 6.04 Å². The molecule has 1 aromatic rings. The Labute approximate surface area is 128 Å². The molecule has 0 radical (unpaired) electrons. The van der Waals surface area contributed by atoms with E-state index >= 15 is 0 Å². The smallest absolute Gasteiger partial charge is 0.0504 e. The third kappa shape index (κ3) is 3.03. The highest BCUT2D eigenvalue weighted by Crippen LogP contribution is 2.43. The molecule has 0 spiro atoms. The lowest BCUT2D eigenvalue weighted by molar-refractivity contribution is 0.0455. The average molecular weight is 295 g/mol. The topological polar surface area (TPSA) is 15.3 Å². The van der Waals surface area contributed by atoms with Gasteiger partial charge in [-0.25, -0.2) is 0 Å². The van der Waals surface area contributed by atoms with Gasteiger partial charge < -0.3 is 10.2 Å². The van der Waals surface area contributed by atoms with Gasteiger partial charge in [-0.2, -0.15) is 0 Å². The Morgan fingerprint density at radius 2 is 1.75 bits per heavy atom. The molecule has 0 heterocycles. The number of halogens is 1. The summed E-state index contributed by atoms with van der Waals surface area (Å²) < 4.78 is 0. The molecule has 1 aliphatic rings. The lowest BCUT2D eigenvalue weighted by Gasteiger charge is -2.50. The van der Waals surface area contributed by atoms with Crippen molar-refractivity contribution >= 4 is 11.6 Å². The van der Waals surface area contributed by atoms with Crippen LogP contribution in [0.2, 0.25) is 5.02 Å². The molecule has 112 valence electrons. The molecule has 1 unspecified atom stereocenters. The number of nitrogens with zero attached hydrogens (tertiary/aromatic N) is 1. The third-order valence-electron chi connectivity index (χ3n) is 5.06. The number of benzene rings is 1. The summed E-state index contributed by atoms with van der Waals surface area (Å²) in [5.41, 5.74) is 1.54. The highest BCUT2D eigenvalue weighted by atomic mass is 35.5. The normalized spacial score (nSPS) is 28.6. The van der Waals surface area contributed by atoms with Crippen molar-refractivity contribution in [1.29, 1.82) is 0 Å². The van der Waals surface area contributed by atoms with Crippen LogP contribution in [-0.2, 0) is 0 Å². The zero-order valence-corrected chi connectivity index (χ0v) is 13.9. The Morgan fingerprint density at radius 3 is 2.20 bits per heavy atom. The average Bonchev–Trinajstić information content (AvgIpc) is 2.43. The van der Waals surface area contributed by atoms with Crippen molar-refractivity contribution in [2.24, 2.45) is 5.92 Å². The quantitative estimate of drug-likeness (QED) is 0.899. The van der Waals surface area contributed by atoms with Crippen LogP contribution in [0.5, 0.6) is 0 Å². The molecule has 20 heavy (non-hydrogen) atoms. The van der Waals surface area contributed by atoms with E-state index in [4.69, 9.17) is 11.6 Å². The Balaban J connectivity index is 2.33. The van der Waals surface area contributed by atoms with Crippen LogP contribution in [0, 0.1) is 5.92 Å². The molecule has 3 heteroatoms. The van der Waals surface area contributed by atoms with E-state index in [1.807, 2.05) is 12.1 Å². The summed E-state index contributed by atoms with van der Waals surface area (Å²) in [4.78, 5) is 2.43. The molecule has 2 nitrogen and oxygen atoms in total. The maximum absolute atomic E-state index is 6.03. The number of nitrogens with one attached hydrogen (secondary N) is 1. The minimum Gasteiger partial charge on any atom is -0.311 e. The van der Waals surface area contributed by atoms with Crippen LogP contribution in [0.4, 0.5) is 0 Å². The van der Waals surface area contributed by atoms with E-state index in [1.54, 1.807) is 0 Å². The van der Waals surface area contributed by atoms with Gasteiger partial charge in [0, 0.05) is 10.6 Å². The second-order valence-electron chi connectivity index (χ2n) is 6.45. The summed E-state index contributed by atoms with van der Waals surface area (Å²) in [6, 6.07) is 8.66. The first-order valence-electron chi connectivity index (χ1n) is 7.60. The van der Waals surface area contributed by atoms with Crippen molar-refractivity contribution in [3.63, 3.8) is 0 Å². The van der Waals surface area contributed by atoms with Crippen molar-refractivity contribution in [3.8, 4) is 0 Å². The molecular formula is C17H27ClN2. The van der Waals surface area contributed by atoms with E-state index in [0.29, 0.717) is 6.04 Å². The zero-order chi connectivity index (χ0) is 14.8. The Bertz CT molecular complexity index is 419. The van der Waals surface area contributed by atoms with Gasteiger partial charge in [-0.3, -0.25) is 0 Å². The molecular weight excluding hydrogens is 268 g/mol. The molecule has 1 aliphatic carbocycles. The lowest BCUT2D eigenvalue weighted by atomic mass is 9.70. The monoisotopic (exact) mass is 294 g/mol. The Morgan fingerprint density at radius 1 is 1.20 bits per heavy atom. The van der Waals surface area contributed by atoms with Gasteiger partial charge in [0.2, 0.25) is 0 Å². The van der Waals surface area contributed by atoms with Crippen LogP contribution in [0.25, 0.3) is 0 Å². The maximum Gasteiger partial charge on any atom is 0.0504 e. The standard InChI is InChI=1S/C17H27ClN2/c1-13-9-11-17(12-10-13,20(3)4)16(19-2)14-5-7-15(18)8-6-14/h5-8,13,16,19H,9-12H2,1-4H3. The minimum atomic E-state index is 0.203. The molecule has 1 aromatic carbocycles. The zero-order valence-electron chi connectivity index (χ0n) is 13.1. The molecule has 1 saturated carbocycles. The lowest BCUT2D eigenvalue weighted by Crippen LogP contribution is -2.55. The Hall–Kier alpha value is -0.570. The molecule has 1 N–H and O–H groups in total. The third-order valence-corrected chi connectivity index (χ3v) is 5.31. The van der Waals surface area contributed by atoms with Crippen molar-refractivity contribution in [3.05, 3.63) is 34.9 Å². The van der Waals surface area contributed by atoms with Crippen LogP contribution in [0.3, 0.4) is 0 Å². The fourth-order valence-electron chi connectivity index (χ4n) is 3.66. The molecule has 0 aliphatic heterocycles. The first-order chi connectivity index (χ1) is 9.49.